The molecule has 0 aliphatic heterocycles. The molecule has 0 spiro atoms. The molecule has 17 heavy (non-hydrogen) atoms. The predicted octanol–water partition coefficient (Wildman–Crippen LogP) is 0.597. The molecular formula is C11H16N2O3S. The fourth-order valence-electron chi connectivity index (χ4n) is 1.44. The summed E-state index contributed by atoms with van der Waals surface area (Å²) in [5.74, 6) is -1.49. The Bertz CT molecular complexity index is 378. The lowest BCUT2D eigenvalue weighted by molar-refractivity contribution is -0.139. The molecule has 2 unspecified atom stereocenters. The zero-order valence-electron chi connectivity index (χ0n) is 9.55. The van der Waals surface area contributed by atoms with Crippen LogP contribution in [0.3, 0.4) is 0 Å². The van der Waals surface area contributed by atoms with Gasteiger partial charge in [-0.1, -0.05) is 0 Å². The average molecular weight is 256 g/mol. The first-order valence-corrected chi connectivity index (χ1v) is 6.22. The molecule has 0 saturated carbocycles. The minimum absolute atomic E-state index is 0.0584. The summed E-state index contributed by atoms with van der Waals surface area (Å²) in [4.78, 5) is 21.9. The molecule has 6 heteroatoms. The van der Waals surface area contributed by atoms with Gasteiger partial charge < -0.3 is 16.2 Å². The van der Waals surface area contributed by atoms with E-state index < -0.39 is 17.9 Å². The molecule has 94 valence electrons. The van der Waals surface area contributed by atoms with Crippen molar-refractivity contribution in [1.29, 1.82) is 0 Å². The highest BCUT2D eigenvalue weighted by Gasteiger charge is 2.18. The number of carboxylic acid groups (broad SMARTS) is 1. The molecular weight excluding hydrogens is 240 g/mol. The Kier molecular flexibility index (Phi) is 5.11. The molecule has 0 aliphatic rings. The molecule has 1 aromatic heterocycles. The van der Waals surface area contributed by atoms with Gasteiger partial charge in [0.05, 0.1) is 12.5 Å². The van der Waals surface area contributed by atoms with Gasteiger partial charge in [0, 0.05) is 6.04 Å². The minimum Gasteiger partial charge on any atom is -0.481 e. The quantitative estimate of drug-likeness (QED) is 0.695. The van der Waals surface area contributed by atoms with Gasteiger partial charge in [-0.05, 0) is 35.7 Å². The van der Waals surface area contributed by atoms with E-state index in [1.165, 1.54) is 0 Å². The van der Waals surface area contributed by atoms with E-state index in [2.05, 4.69) is 5.32 Å². The van der Waals surface area contributed by atoms with E-state index in [0.29, 0.717) is 0 Å². The van der Waals surface area contributed by atoms with Crippen LogP contribution >= 0.6 is 11.3 Å². The Morgan fingerprint density at radius 3 is 2.82 bits per heavy atom. The number of hydrogen-bond donors (Lipinski definition) is 3. The molecule has 1 aromatic rings. The van der Waals surface area contributed by atoms with E-state index in [-0.39, 0.29) is 12.5 Å². The van der Waals surface area contributed by atoms with Crippen molar-refractivity contribution in [2.45, 2.75) is 31.8 Å². The van der Waals surface area contributed by atoms with Crippen molar-refractivity contribution in [3.8, 4) is 0 Å². The molecule has 1 heterocycles. The van der Waals surface area contributed by atoms with E-state index in [1.54, 1.807) is 11.3 Å². The SMILES string of the molecule is CC(Cc1ccsc1)NC(=O)C(N)CC(=O)O. The second kappa shape index (κ2) is 6.36. The molecule has 0 bridgehead atoms. The van der Waals surface area contributed by atoms with E-state index in [1.807, 2.05) is 23.8 Å². The third-order valence-electron chi connectivity index (χ3n) is 2.24. The first-order valence-electron chi connectivity index (χ1n) is 5.28. The summed E-state index contributed by atoms with van der Waals surface area (Å²) in [5.41, 5.74) is 6.60. The molecule has 2 atom stereocenters. The Balaban J connectivity index is 2.37. The van der Waals surface area contributed by atoms with Gasteiger partial charge >= 0.3 is 5.97 Å². The molecule has 0 aliphatic carbocycles. The molecule has 0 saturated heterocycles. The van der Waals surface area contributed by atoms with Gasteiger partial charge in [0.25, 0.3) is 0 Å². The van der Waals surface area contributed by atoms with Crippen LogP contribution in [0.1, 0.15) is 18.9 Å². The number of rotatable bonds is 6. The molecule has 1 amide bonds. The summed E-state index contributed by atoms with van der Waals surface area (Å²) in [6, 6.07) is 0.944. The number of carboxylic acids is 1. The maximum absolute atomic E-state index is 11.5. The number of nitrogens with one attached hydrogen (secondary N) is 1. The molecule has 0 radical (unpaired) electrons. The highest BCUT2D eigenvalue weighted by Crippen LogP contribution is 2.08. The monoisotopic (exact) mass is 256 g/mol. The second-order valence-electron chi connectivity index (χ2n) is 3.95. The van der Waals surface area contributed by atoms with Crippen molar-refractivity contribution >= 4 is 23.2 Å². The van der Waals surface area contributed by atoms with Gasteiger partial charge in [0.1, 0.15) is 0 Å². The maximum atomic E-state index is 11.5. The van der Waals surface area contributed by atoms with Crippen LogP contribution in [0.15, 0.2) is 16.8 Å². The summed E-state index contributed by atoms with van der Waals surface area (Å²) >= 11 is 1.60. The van der Waals surface area contributed by atoms with Crippen molar-refractivity contribution in [1.82, 2.24) is 5.32 Å². The Morgan fingerprint density at radius 2 is 2.29 bits per heavy atom. The first kappa shape index (κ1) is 13.7. The van der Waals surface area contributed by atoms with Crippen LogP contribution in [0.4, 0.5) is 0 Å². The van der Waals surface area contributed by atoms with Crippen molar-refractivity contribution < 1.29 is 14.7 Å². The number of nitrogens with two attached hydrogens (primary N) is 1. The summed E-state index contributed by atoms with van der Waals surface area (Å²) in [7, 11) is 0. The van der Waals surface area contributed by atoms with E-state index >= 15 is 0 Å². The van der Waals surface area contributed by atoms with Crippen molar-refractivity contribution in [2.75, 3.05) is 0 Å². The minimum atomic E-state index is -1.07. The third kappa shape index (κ3) is 4.97. The molecule has 5 nitrogen and oxygen atoms in total. The van der Waals surface area contributed by atoms with Crippen molar-refractivity contribution in [3.63, 3.8) is 0 Å². The van der Waals surface area contributed by atoms with E-state index in [4.69, 9.17) is 10.8 Å². The van der Waals surface area contributed by atoms with Gasteiger partial charge in [0.2, 0.25) is 5.91 Å². The van der Waals surface area contributed by atoms with Crippen molar-refractivity contribution in [3.05, 3.63) is 22.4 Å². The van der Waals surface area contributed by atoms with Gasteiger partial charge in [-0.3, -0.25) is 9.59 Å². The molecule has 1 rings (SSSR count). The highest BCUT2D eigenvalue weighted by molar-refractivity contribution is 7.07. The van der Waals surface area contributed by atoms with E-state index in [0.717, 1.165) is 12.0 Å². The summed E-state index contributed by atoms with van der Waals surface area (Å²) in [5, 5.41) is 15.2. The van der Waals surface area contributed by atoms with Crippen LogP contribution in [0, 0.1) is 0 Å². The predicted molar refractivity (Wildman–Crippen MR) is 65.9 cm³/mol. The third-order valence-corrected chi connectivity index (χ3v) is 2.97. The van der Waals surface area contributed by atoms with Crippen LogP contribution in [-0.2, 0) is 16.0 Å². The van der Waals surface area contributed by atoms with Gasteiger partial charge in [-0.2, -0.15) is 11.3 Å². The fourth-order valence-corrected chi connectivity index (χ4v) is 2.13. The maximum Gasteiger partial charge on any atom is 0.305 e. The van der Waals surface area contributed by atoms with Crippen LogP contribution in [-0.4, -0.2) is 29.1 Å². The summed E-state index contributed by atoms with van der Waals surface area (Å²) in [6.45, 7) is 1.86. The highest BCUT2D eigenvalue weighted by atomic mass is 32.1. The lowest BCUT2D eigenvalue weighted by Gasteiger charge is -2.16. The number of thiophene rings is 1. The summed E-state index contributed by atoms with van der Waals surface area (Å²) in [6.07, 6.45) is 0.367. The fraction of sp³-hybridized carbons (Fsp3) is 0.455. The number of carbonyl (C=O) groups excluding carboxylic acids is 1. The molecule has 0 fully saturated rings. The molecule has 4 N–H and O–H groups in total. The smallest absolute Gasteiger partial charge is 0.305 e. The summed E-state index contributed by atoms with van der Waals surface area (Å²) < 4.78 is 0. The average Bonchev–Trinajstić information content (AvgIpc) is 2.68. The normalized spacial score (nSPS) is 14.0. The van der Waals surface area contributed by atoms with E-state index in [9.17, 15) is 9.59 Å². The Hall–Kier alpha value is -1.40. The van der Waals surface area contributed by atoms with Gasteiger partial charge in [-0.25, -0.2) is 0 Å². The van der Waals surface area contributed by atoms with Crippen LogP contribution < -0.4 is 11.1 Å². The number of amides is 1. The first-order chi connectivity index (χ1) is 7.99. The van der Waals surface area contributed by atoms with Crippen LogP contribution in [0.25, 0.3) is 0 Å². The number of aliphatic carboxylic acids is 1. The topological polar surface area (TPSA) is 92.4 Å². The zero-order valence-corrected chi connectivity index (χ0v) is 10.4. The standard InChI is InChI=1S/C11H16N2O3S/c1-7(4-8-2-3-17-6-8)13-11(16)9(12)5-10(14)15/h2-3,6-7,9H,4-5,12H2,1H3,(H,13,16)(H,14,15). The lowest BCUT2D eigenvalue weighted by Crippen LogP contribution is -2.46. The number of carbonyl (C=O) groups is 2. The van der Waals surface area contributed by atoms with Gasteiger partial charge in [-0.15, -0.1) is 0 Å². The van der Waals surface area contributed by atoms with Gasteiger partial charge in [0.15, 0.2) is 0 Å². The zero-order chi connectivity index (χ0) is 12.8. The largest absolute Gasteiger partial charge is 0.481 e. The second-order valence-corrected chi connectivity index (χ2v) is 4.73. The Labute approximate surface area is 104 Å². The van der Waals surface area contributed by atoms with Crippen LogP contribution in [0.2, 0.25) is 0 Å². The van der Waals surface area contributed by atoms with Crippen molar-refractivity contribution in [2.24, 2.45) is 5.73 Å². The number of hydrogen-bond acceptors (Lipinski definition) is 4. The lowest BCUT2D eigenvalue weighted by atomic mass is 10.1. The Morgan fingerprint density at radius 1 is 1.59 bits per heavy atom. The van der Waals surface area contributed by atoms with Crippen LogP contribution in [0.5, 0.6) is 0 Å². The molecule has 0 aromatic carbocycles.